The van der Waals surface area contributed by atoms with Gasteiger partial charge in [0.1, 0.15) is 12.4 Å². The molecule has 0 atom stereocenters. The monoisotopic (exact) mass is 500 g/mol. The van der Waals surface area contributed by atoms with Gasteiger partial charge in [-0.3, -0.25) is 4.79 Å². The van der Waals surface area contributed by atoms with E-state index < -0.39 is 0 Å². The third kappa shape index (κ3) is 6.44. The maximum Gasteiger partial charge on any atom is 0.246 e. The molecule has 170 valence electrons. The van der Waals surface area contributed by atoms with Crippen LogP contribution in [0.3, 0.4) is 0 Å². The maximum atomic E-state index is 12.6. The number of nitrogens with zero attached hydrogens (tertiary/aromatic N) is 2. The van der Waals surface area contributed by atoms with Crippen LogP contribution in [0.4, 0.5) is 5.69 Å². The molecule has 33 heavy (non-hydrogen) atoms. The molecule has 3 aromatic carbocycles. The van der Waals surface area contributed by atoms with Gasteiger partial charge in [-0.15, -0.1) is 0 Å². The summed E-state index contributed by atoms with van der Waals surface area (Å²) in [6.07, 6.45) is 3.45. The first-order chi connectivity index (χ1) is 16.0. The summed E-state index contributed by atoms with van der Waals surface area (Å²) in [5.74, 6) is 0.742. The Morgan fingerprint density at radius 1 is 0.848 bits per heavy atom. The SMILES string of the molecule is O=C(/C=C/c1ccc(OCc2ccc(Cl)cc2Cl)cc1)N1CCN(c2ccc(Cl)cc2)CC1. The standard InChI is InChI=1S/C26H23Cl3N2O2/c27-21-6-8-23(9-7-21)30-13-15-31(16-14-30)26(32)12-3-19-1-10-24(11-2-19)33-18-20-4-5-22(28)17-25(20)29/h1-12,17H,13-16,18H2/b12-3+. The van der Waals surface area contributed by atoms with Crippen molar-refractivity contribution in [2.45, 2.75) is 6.61 Å². The number of ether oxygens (including phenoxy) is 1. The predicted octanol–water partition coefficient (Wildman–Crippen LogP) is 6.59. The zero-order chi connectivity index (χ0) is 23.2. The Bertz CT molecular complexity index is 1120. The molecule has 1 saturated heterocycles. The average molecular weight is 502 g/mol. The zero-order valence-corrected chi connectivity index (χ0v) is 20.2. The lowest BCUT2D eigenvalue weighted by Crippen LogP contribution is -2.48. The van der Waals surface area contributed by atoms with Crippen LogP contribution in [0.15, 0.2) is 72.8 Å². The third-order valence-corrected chi connectivity index (χ3v) is 6.33. The first-order valence-electron chi connectivity index (χ1n) is 10.6. The zero-order valence-electron chi connectivity index (χ0n) is 17.9. The highest BCUT2D eigenvalue weighted by Crippen LogP contribution is 2.23. The molecule has 0 spiro atoms. The molecule has 0 N–H and O–H groups in total. The fourth-order valence-electron chi connectivity index (χ4n) is 3.58. The Kier molecular flexibility index (Phi) is 7.81. The van der Waals surface area contributed by atoms with E-state index in [-0.39, 0.29) is 5.91 Å². The van der Waals surface area contributed by atoms with Crippen LogP contribution in [0.25, 0.3) is 6.08 Å². The van der Waals surface area contributed by atoms with Crippen LogP contribution in [0.2, 0.25) is 15.1 Å². The van der Waals surface area contributed by atoms with Crippen LogP contribution in [-0.2, 0) is 11.4 Å². The molecule has 3 aromatic rings. The predicted molar refractivity (Wildman–Crippen MR) is 137 cm³/mol. The van der Waals surface area contributed by atoms with Gasteiger partial charge in [-0.1, -0.05) is 53.0 Å². The molecule has 0 unspecified atom stereocenters. The Labute approximate surface area is 208 Å². The first kappa shape index (κ1) is 23.5. The molecule has 7 heteroatoms. The molecular formula is C26H23Cl3N2O2. The fraction of sp³-hybridized carbons (Fsp3) is 0.192. The van der Waals surface area contributed by atoms with Gasteiger partial charge >= 0.3 is 0 Å². The lowest BCUT2D eigenvalue weighted by atomic mass is 10.2. The summed E-state index contributed by atoms with van der Waals surface area (Å²) in [4.78, 5) is 16.7. The largest absolute Gasteiger partial charge is 0.489 e. The summed E-state index contributed by atoms with van der Waals surface area (Å²) in [5.41, 5.74) is 2.93. The molecule has 0 radical (unpaired) electrons. The van der Waals surface area contributed by atoms with Crippen LogP contribution >= 0.6 is 34.8 Å². The molecule has 4 nitrogen and oxygen atoms in total. The van der Waals surface area contributed by atoms with Crippen molar-refractivity contribution in [2.24, 2.45) is 0 Å². The summed E-state index contributed by atoms with van der Waals surface area (Å²) in [7, 11) is 0. The molecule has 1 aliphatic heterocycles. The van der Waals surface area contributed by atoms with E-state index in [9.17, 15) is 4.79 Å². The maximum absolute atomic E-state index is 12.6. The molecule has 0 bridgehead atoms. The molecule has 1 aliphatic rings. The van der Waals surface area contributed by atoms with Crippen LogP contribution in [0, 0.1) is 0 Å². The van der Waals surface area contributed by atoms with Gasteiger partial charge in [0, 0.05) is 58.6 Å². The van der Waals surface area contributed by atoms with Crippen LogP contribution in [0.5, 0.6) is 5.75 Å². The number of carbonyl (C=O) groups excluding carboxylic acids is 1. The number of piperazine rings is 1. The number of carbonyl (C=O) groups is 1. The van der Waals surface area contributed by atoms with Gasteiger partial charge in [-0.2, -0.15) is 0 Å². The normalized spacial score (nSPS) is 14.0. The summed E-state index contributed by atoms with van der Waals surface area (Å²) in [6, 6.07) is 20.7. The second-order valence-electron chi connectivity index (χ2n) is 7.72. The second-order valence-corrected chi connectivity index (χ2v) is 9.00. The first-order valence-corrected chi connectivity index (χ1v) is 11.8. The Morgan fingerprint density at radius 3 is 2.18 bits per heavy atom. The molecule has 0 aliphatic carbocycles. The average Bonchev–Trinajstić information content (AvgIpc) is 2.83. The van der Waals surface area contributed by atoms with Gasteiger partial charge in [0.2, 0.25) is 5.91 Å². The Hall–Kier alpha value is -2.66. The summed E-state index contributed by atoms with van der Waals surface area (Å²) in [6.45, 7) is 3.32. The highest BCUT2D eigenvalue weighted by Gasteiger charge is 2.19. The number of halogens is 3. The molecule has 0 saturated carbocycles. The van der Waals surface area contributed by atoms with Crippen molar-refractivity contribution in [1.82, 2.24) is 4.90 Å². The molecule has 1 amide bonds. The van der Waals surface area contributed by atoms with Crippen LogP contribution < -0.4 is 9.64 Å². The van der Waals surface area contributed by atoms with Gasteiger partial charge in [-0.25, -0.2) is 0 Å². The lowest BCUT2D eigenvalue weighted by Gasteiger charge is -2.35. The van der Waals surface area contributed by atoms with Crippen molar-refractivity contribution < 1.29 is 9.53 Å². The fourth-order valence-corrected chi connectivity index (χ4v) is 4.17. The minimum atomic E-state index is 0.0171. The molecule has 4 rings (SSSR count). The topological polar surface area (TPSA) is 32.8 Å². The Balaban J connectivity index is 1.26. The van der Waals surface area contributed by atoms with Crippen molar-refractivity contribution >= 4 is 52.5 Å². The van der Waals surface area contributed by atoms with Crippen LogP contribution in [-0.4, -0.2) is 37.0 Å². The molecular weight excluding hydrogens is 479 g/mol. The van der Waals surface area contributed by atoms with E-state index in [1.165, 1.54) is 0 Å². The summed E-state index contributed by atoms with van der Waals surface area (Å²) < 4.78 is 5.80. The van der Waals surface area contributed by atoms with E-state index in [1.807, 2.05) is 65.6 Å². The third-order valence-electron chi connectivity index (χ3n) is 5.49. The van der Waals surface area contributed by atoms with E-state index in [0.29, 0.717) is 29.7 Å². The van der Waals surface area contributed by atoms with Crippen LogP contribution in [0.1, 0.15) is 11.1 Å². The van der Waals surface area contributed by atoms with Crippen molar-refractivity contribution in [3.8, 4) is 5.75 Å². The highest BCUT2D eigenvalue weighted by atomic mass is 35.5. The van der Waals surface area contributed by atoms with Gasteiger partial charge in [-0.05, 0) is 60.2 Å². The molecule has 0 aromatic heterocycles. The van der Waals surface area contributed by atoms with Crippen molar-refractivity contribution in [1.29, 1.82) is 0 Å². The summed E-state index contributed by atoms with van der Waals surface area (Å²) >= 11 is 18.1. The van der Waals surface area contributed by atoms with E-state index in [1.54, 1.807) is 18.2 Å². The van der Waals surface area contributed by atoms with Gasteiger partial charge in [0.25, 0.3) is 0 Å². The van der Waals surface area contributed by atoms with Gasteiger partial charge < -0.3 is 14.5 Å². The van der Waals surface area contributed by atoms with E-state index in [0.717, 1.165) is 40.7 Å². The molecule has 1 heterocycles. The number of hydrogen-bond donors (Lipinski definition) is 0. The number of hydrogen-bond acceptors (Lipinski definition) is 3. The van der Waals surface area contributed by atoms with Crippen molar-refractivity contribution in [3.63, 3.8) is 0 Å². The Morgan fingerprint density at radius 2 is 1.52 bits per heavy atom. The van der Waals surface area contributed by atoms with Crippen molar-refractivity contribution in [2.75, 3.05) is 31.1 Å². The van der Waals surface area contributed by atoms with Gasteiger partial charge in [0.15, 0.2) is 0 Å². The number of amides is 1. The number of benzene rings is 3. The second kappa shape index (κ2) is 11.0. The minimum absolute atomic E-state index is 0.0171. The smallest absolute Gasteiger partial charge is 0.246 e. The minimum Gasteiger partial charge on any atom is -0.489 e. The highest BCUT2D eigenvalue weighted by molar-refractivity contribution is 6.35. The van der Waals surface area contributed by atoms with Gasteiger partial charge in [0.05, 0.1) is 0 Å². The van der Waals surface area contributed by atoms with Crippen molar-refractivity contribution in [3.05, 3.63) is 99.0 Å². The van der Waals surface area contributed by atoms with E-state index in [4.69, 9.17) is 39.5 Å². The summed E-state index contributed by atoms with van der Waals surface area (Å²) in [5, 5.41) is 1.90. The van der Waals surface area contributed by atoms with E-state index >= 15 is 0 Å². The quantitative estimate of drug-likeness (QED) is 0.357. The number of anilines is 1. The van der Waals surface area contributed by atoms with E-state index in [2.05, 4.69) is 4.90 Å². The molecule has 1 fully saturated rings. The number of rotatable bonds is 6. The lowest BCUT2D eigenvalue weighted by molar-refractivity contribution is -0.126.